The molecule has 0 unspecified atom stereocenters. The van der Waals surface area contributed by atoms with E-state index in [0.29, 0.717) is 0 Å². The van der Waals surface area contributed by atoms with Crippen molar-refractivity contribution in [1.29, 1.82) is 0 Å². The molecule has 35 valence electrons. The standard InChI is InChI=1S/C5H9.V/c1-2-4-5-3-1;/h1H,2-5H2;/q-1;. The van der Waals surface area contributed by atoms with Crippen LogP contribution in [0.2, 0.25) is 0 Å². The van der Waals surface area contributed by atoms with E-state index >= 15 is 0 Å². The van der Waals surface area contributed by atoms with Crippen LogP contribution in [-0.2, 0) is 18.6 Å². The first-order valence-corrected chi connectivity index (χ1v) is 2.32. The van der Waals surface area contributed by atoms with Crippen LogP contribution in [-0.4, -0.2) is 0 Å². The van der Waals surface area contributed by atoms with E-state index in [1.807, 2.05) is 0 Å². The molecular weight excluding hydrogens is 111 g/mol. The van der Waals surface area contributed by atoms with Gasteiger partial charge >= 0.3 is 0 Å². The van der Waals surface area contributed by atoms with Gasteiger partial charge < -0.3 is 6.42 Å². The van der Waals surface area contributed by atoms with Crippen LogP contribution in [0.1, 0.15) is 25.7 Å². The van der Waals surface area contributed by atoms with Crippen LogP contribution in [0.15, 0.2) is 0 Å². The van der Waals surface area contributed by atoms with Gasteiger partial charge in [-0.1, -0.05) is 12.8 Å². The molecule has 0 aliphatic heterocycles. The average molecular weight is 120 g/mol. The van der Waals surface area contributed by atoms with E-state index in [9.17, 15) is 0 Å². The van der Waals surface area contributed by atoms with E-state index in [0.717, 1.165) is 0 Å². The third-order valence-corrected chi connectivity index (χ3v) is 1.07. The molecule has 0 aromatic heterocycles. The minimum absolute atomic E-state index is 0. The summed E-state index contributed by atoms with van der Waals surface area (Å²) in [5, 5.41) is 0. The number of hydrogen-bond acceptors (Lipinski definition) is 0. The first kappa shape index (κ1) is 6.58. The summed E-state index contributed by atoms with van der Waals surface area (Å²) >= 11 is 0. The summed E-state index contributed by atoms with van der Waals surface area (Å²) in [6.07, 6.45) is 8.00. The molecule has 0 aromatic carbocycles. The van der Waals surface area contributed by atoms with Gasteiger partial charge in [-0.2, -0.15) is 12.8 Å². The molecule has 6 heavy (non-hydrogen) atoms. The second-order valence-corrected chi connectivity index (χ2v) is 1.57. The van der Waals surface area contributed by atoms with Gasteiger partial charge in [0.2, 0.25) is 0 Å². The molecule has 0 heterocycles. The van der Waals surface area contributed by atoms with Crippen LogP contribution in [0.5, 0.6) is 0 Å². The first-order valence-electron chi connectivity index (χ1n) is 2.32. The third kappa shape index (κ3) is 1.89. The molecule has 0 amide bonds. The summed E-state index contributed by atoms with van der Waals surface area (Å²) in [6, 6.07) is 0. The van der Waals surface area contributed by atoms with E-state index in [-0.39, 0.29) is 18.6 Å². The second-order valence-electron chi connectivity index (χ2n) is 1.57. The van der Waals surface area contributed by atoms with Crippen LogP contribution < -0.4 is 0 Å². The van der Waals surface area contributed by atoms with Gasteiger partial charge in [-0.15, -0.1) is 0 Å². The van der Waals surface area contributed by atoms with Gasteiger partial charge in [0, 0.05) is 18.6 Å². The molecule has 1 rings (SSSR count). The van der Waals surface area contributed by atoms with Crippen molar-refractivity contribution in [2.45, 2.75) is 25.7 Å². The van der Waals surface area contributed by atoms with Crippen LogP contribution >= 0.6 is 0 Å². The Morgan fingerprint density at radius 3 is 1.67 bits per heavy atom. The SMILES string of the molecule is [CH-]1CCCC1.[V]. The van der Waals surface area contributed by atoms with Gasteiger partial charge in [-0.05, 0) is 0 Å². The fourth-order valence-corrected chi connectivity index (χ4v) is 0.722. The monoisotopic (exact) mass is 120 g/mol. The zero-order chi connectivity index (χ0) is 3.54. The molecule has 0 N–H and O–H groups in total. The Hall–Kier alpha value is 0.584. The largest absolute Gasteiger partial charge is 0.328 e. The molecule has 0 nitrogen and oxygen atoms in total. The molecule has 0 atom stereocenters. The van der Waals surface area contributed by atoms with E-state index in [4.69, 9.17) is 0 Å². The fourth-order valence-electron chi connectivity index (χ4n) is 0.722. The molecule has 1 saturated carbocycles. The van der Waals surface area contributed by atoms with Gasteiger partial charge in [0.1, 0.15) is 0 Å². The van der Waals surface area contributed by atoms with Crippen molar-refractivity contribution in [3.05, 3.63) is 6.42 Å². The quantitative estimate of drug-likeness (QED) is 0.427. The second kappa shape index (κ2) is 3.76. The summed E-state index contributed by atoms with van der Waals surface area (Å²) < 4.78 is 0. The molecule has 0 spiro atoms. The summed E-state index contributed by atoms with van der Waals surface area (Å²) in [6.45, 7) is 0. The molecule has 1 aliphatic carbocycles. The van der Waals surface area contributed by atoms with Crippen LogP contribution in [0.3, 0.4) is 0 Å². The van der Waals surface area contributed by atoms with Crippen molar-refractivity contribution >= 4 is 0 Å². The van der Waals surface area contributed by atoms with Crippen LogP contribution in [0.4, 0.5) is 0 Å². The van der Waals surface area contributed by atoms with Gasteiger partial charge in [-0.25, -0.2) is 0 Å². The van der Waals surface area contributed by atoms with Crippen molar-refractivity contribution in [1.82, 2.24) is 0 Å². The number of rotatable bonds is 0. The maximum Gasteiger partial charge on any atom is 0 e. The maximum absolute atomic E-state index is 2.36. The molecule has 1 heteroatoms. The fraction of sp³-hybridized carbons (Fsp3) is 0.800. The molecule has 0 bridgehead atoms. The minimum Gasteiger partial charge on any atom is -0.328 e. The van der Waals surface area contributed by atoms with Crippen molar-refractivity contribution in [2.24, 2.45) is 0 Å². The van der Waals surface area contributed by atoms with E-state index in [1.54, 1.807) is 0 Å². The summed E-state index contributed by atoms with van der Waals surface area (Å²) in [4.78, 5) is 0. The minimum atomic E-state index is 0. The third-order valence-electron chi connectivity index (χ3n) is 1.07. The summed E-state index contributed by atoms with van der Waals surface area (Å²) in [7, 11) is 0. The Kier molecular flexibility index (Phi) is 4.13. The van der Waals surface area contributed by atoms with Crippen molar-refractivity contribution in [3.8, 4) is 0 Å². The smallest absolute Gasteiger partial charge is 0 e. The van der Waals surface area contributed by atoms with Crippen molar-refractivity contribution in [2.75, 3.05) is 0 Å². The Labute approximate surface area is 51.2 Å². The topological polar surface area (TPSA) is 0 Å². The van der Waals surface area contributed by atoms with Crippen molar-refractivity contribution in [3.63, 3.8) is 0 Å². The maximum atomic E-state index is 2.36. The molecular formula is C5H9V-. The number of hydrogen-bond donors (Lipinski definition) is 0. The average Bonchev–Trinajstić information content (AvgIpc) is 1.76. The van der Waals surface area contributed by atoms with Gasteiger partial charge in [-0.3, -0.25) is 0 Å². The molecule has 0 aromatic rings. The summed E-state index contributed by atoms with van der Waals surface area (Å²) in [5.74, 6) is 0. The first-order chi connectivity index (χ1) is 2.50. The van der Waals surface area contributed by atoms with E-state index in [2.05, 4.69) is 6.42 Å². The van der Waals surface area contributed by atoms with E-state index in [1.165, 1.54) is 25.7 Å². The zero-order valence-corrected chi connectivity index (χ0v) is 5.25. The van der Waals surface area contributed by atoms with E-state index < -0.39 is 0 Å². The zero-order valence-electron chi connectivity index (χ0n) is 3.85. The molecule has 0 saturated heterocycles. The predicted octanol–water partition coefficient (Wildman–Crippen LogP) is 1.76. The molecule has 1 aliphatic rings. The Bertz CT molecular complexity index is 15.5. The Morgan fingerprint density at radius 1 is 1.00 bits per heavy atom. The van der Waals surface area contributed by atoms with Gasteiger partial charge in [0.15, 0.2) is 0 Å². The Balaban J connectivity index is 0.000000250. The Morgan fingerprint density at radius 2 is 1.50 bits per heavy atom. The molecule has 1 fully saturated rings. The van der Waals surface area contributed by atoms with Crippen molar-refractivity contribution < 1.29 is 18.6 Å². The van der Waals surface area contributed by atoms with Gasteiger partial charge in [0.05, 0.1) is 0 Å². The summed E-state index contributed by atoms with van der Waals surface area (Å²) in [5.41, 5.74) is 0. The van der Waals surface area contributed by atoms with Gasteiger partial charge in [0.25, 0.3) is 0 Å². The van der Waals surface area contributed by atoms with Crippen LogP contribution in [0, 0.1) is 6.42 Å². The predicted molar refractivity (Wildman–Crippen MR) is 22.8 cm³/mol. The molecule has 1 radical (unpaired) electrons. The normalized spacial score (nSPS) is 20.0. The van der Waals surface area contributed by atoms with Crippen LogP contribution in [0.25, 0.3) is 0 Å².